The highest BCUT2D eigenvalue weighted by molar-refractivity contribution is 5.36. The molecule has 0 bridgehead atoms. The molecule has 192 valence electrons. The summed E-state index contributed by atoms with van der Waals surface area (Å²) in [4.78, 5) is 0. The smallest absolute Gasteiger partial charge is 0.147 e. The van der Waals surface area contributed by atoms with Crippen LogP contribution >= 0.6 is 0 Å². The van der Waals surface area contributed by atoms with Gasteiger partial charge < -0.3 is 28.4 Å². The second-order valence-corrected chi connectivity index (χ2v) is 10.8. The van der Waals surface area contributed by atoms with Gasteiger partial charge in [0, 0.05) is 14.2 Å². The van der Waals surface area contributed by atoms with Gasteiger partial charge in [-0.05, 0) is 74.5 Å². The SMILES string of the molecule is C=C[C@@H](OCOC)[C@]1(C)CC[C@H]([C@](C)(CC[C@@H]2C(c3ccc(OC)cc3)C2(C)C)OCOC)O1. The van der Waals surface area contributed by atoms with Crippen LogP contribution in [0.25, 0.3) is 0 Å². The number of hydrogen-bond donors (Lipinski definition) is 0. The predicted molar refractivity (Wildman–Crippen MR) is 133 cm³/mol. The van der Waals surface area contributed by atoms with Crippen molar-refractivity contribution in [2.24, 2.45) is 11.3 Å². The van der Waals surface area contributed by atoms with E-state index in [2.05, 4.69) is 58.5 Å². The molecule has 1 heterocycles. The van der Waals surface area contributed by atoms with Crippen LogP contribution in [-0.4, -0.2) is 58.3 Å². The van der Waals surface area contributed by atoms with E-state index in [9.17, 15) is 0 Å². The summed E-state index contributed by atoms with van der Waals surface area (Å²) in [6.07, 6.45) is 5.23. The summed E-state index contributed by atoms with van der Waals surface area (Å²) in [6.45, 7) is 13.4. The summed E-state index contributed by atoms with van der Waals surface area (Å²) in [7, 11) is 4.99. The molecule has 0 aromatic heterocycles. The summed E-state index contributed by atoms with van der Waals surface area (Å²) in [6, 6.07) is 8.52. The minimum Gasteiger partial charge on any atom is -0.497 e. The summed E-state index contributed by atoms with van der Waals surface area (Å²) < 4.78 is 34.6. The third-order valence-electron chi connectivity index (χ3n) is 8.16. The Labute approximate surface area is 205 Å². The zero-order valence-electron chi connectivity index (χ0n) is 22.1. The van der Waals surface area contributed by atoms with Crippen molar-refractivity contribution < 1.29 is 28.4 Å². The van der Waals surface area contributed by atoms with Crippen LogP contribution in [0.3, 0.4) is 0 Å². The van der Waals surface area contributed by atoms with Crippen molar-refractivity contribution in [1.29, 1.82) is 0 Å². The lowest BCUT2D eigenvalue weighted by atomic mass is 9.88. The second kappa shape index (κ2) is 11.1. The first-order valence-corrected chi connectivity index (χ1v) is 12.3. The van der Waals surface area contributed by atoms with E-state index >= 15 is 0 Å². The lowest BCUT2D eigenvalue weighted by molar-refractivity contribution is -0.212. The van der Waals surface area contributed by atoms with Gasteiger partial charge in [0.25, 0.3) is 0 Å². The second-order valence-electron chi connectivity index (χ2n) is 10.8. The van der Waals surface area contributed by atoms with Crippen LogP contribution in [0.1, 0.15) is 64.9 Å². The molecule has 1 saturated heterocycles. The minimum atomic E-state index is -0.465. The van der Waals surface area contributed by atoms with Crippen molar-refractivity contribution in [2.45, 2.75) is 82.7 Å². The van der Waals surface area contributed by atoms with Crippen molar-refractivity contribution in [2.75, 3.05) is 34.9 Å². The van der Waals surface area contributed by atoms with Crippen molar-refractivity contribution in [3.8, 4) is 5.75 Å². The molecule has 34 heavy (non-hydrogen) atoms. The van der Waals surface area contributed by atoms with Crippen LogP contribution in [0.5, 0.6) is 5.75 Å². The van der Waals surface area contributed by atoms with Gasteiger partial charge in [-0.15, -0.1) is 6.58 Å². The third-order valence-corrected chi connectivity index (χ3v) is 8.16. The molecule has 1 unspecified atom stereocenters. The Balaban J connectivity index is 1.68. The largest absolute Gasteiger partial charge is 0.497 e. The van der Waals surface area contributed by atoms with Crippen LogP contribution in [0.15, 0.2) is 36.9 Å². The molecule has 0 radical (unpaired) electrons. The molecule has 0 N–H and O–H groups in total. The average Bonchev–Trinajstić information content (AvgIpc) is 3.14. The fraction of sp³-hybridized carbons (Fsp3) is 0.714. The van der Waals surface area contributed by atoms with Gasteiger partial charge in [0.1, 0.15) is 25.4 Å². The van der Waals surface area contributed by atoms with Gasteiger partial charge in [-0.3, -0.25) is 0 Å². The van der Waals surface area contributed by atoms with Gasteiger partial charge in [0.05, 0.1) is 24.4 Å². The number of benzene rings is 1. The normalized spacial score (nSPS) is 30.5. The van der Waals surface area contributed by atoms with Gasteiger partial charge >= 0.3 is 0 Å². The fourth-order valence-electron chi connectivity index (χ4n) is 5.85. The first kappa shape index (κ1) is 27.2. The summed E-state index contributed by atoms with van der Waals surface area (Å²) in [5.74, 6) is 2.02. The summed E-state index contributed by atoms with van der Waals surface area (Å²) in [5.41, 5.74) is 0.713. The van der Waals surface area contributed by atoms with E-state index in [0.717, 1.165) is 31.4 Å². The Morgan fingerprint density at radius 3 is 2.38 bits per heavy atom. The number of methoxy groups -OCH3 is 3. The Bertz CT molecular complexity index is 793. The minimum absolute atomic E-state index is 0.0532. The van der Waals surface area contributed by atoms with E-state index in [1.807, 2.05) is 0 Å². The maximum Gasteiger partial charge on any atom is 0.147 e. The van der Waals surface area contributed by atoms with E-state index in [0.29, 0.717) is 11.8 Å². The maximum absolute atomic E-state index is 6.66. The average molecular weight is 477 g/mol. The van der Waals surface area contributed by atoms with Crippen molar-refractivity contribution in [3.05, 3.63) is 42.5 Å². The van der Waals surface area contributed by atoms with Crippen molar-refractivity contribution in [1.82, 2.24) is 0 Å². The summed E-state index contributed by atoms with van der Waals surface area (Å²) >= 11 is 0. The van der Waals surface area contributed by atoms with Gasteiger partial charge in [-0.25, -0.2) is 0 Å². The molecule has 6 heteroatoms. The molecule has 1 saturated carbocycles. The first-order chi connectivity index (χ1) is 16.1. The highest BCUT2D eigenvalue weighted by Gasteiger charge is 2.58. The van der Waals surface area contributed by atoms with Crippen LogP contribution in [-0.2, 0) is 23.7 Å². The molecule has 1 aromatic rings. The quantitative estimate of drug-likeness (QED) is 0.253. The Hall–Kier alpha value is -1.44. The standard InChI is InChI=1S/C28H44O6/c1-9-23(32-18-29-6)28(5)17-15-24(34-28)27(4,33-19-30-7)16-14-22-25(26(22,2)3)20-10-12-21(31-8)13-11-20/h9-13,22-25H,1,14-19H2,2-8H3/t22-,23-,24-,25?,27+,28+/m1/s1. The van der Waals surface area contributed by atoms with E-state index < -0.39 is 11.2 Å². The monoisotopic (exact) mass is 476 g/mol. The highest BCUT2D eigenvalue weighted by atomic mass is 16.7. The fourth-order valence-corrected chi connectivity index (χ4v) is 5.85. The molecular formula is C28H44O6. The number of hydrogen-bond acceptors (Lipinski definition) is 6. The molecule has 1 aliphatic heterocycles. The molecule has 3 rings (SSSR count). The number of ether oxygens (including phenoxy) is 6. The zero-order valence-corrected chi connectivity index (χ0v) is 22.1. The molecule has 2 fully saturated rings. The third kappa shape index (κ3) is 5.68. The molecule has 0 amide bonds. The van der Waals surface area contributed by atoms with Crippen molar-refractivity contribution in [3.63, 3.8) is 0 Å². The van der Waals surface area contributed by atoms with Crippen LogP contribution in [0, 0.1) is 11.3 Å². The highest BCUT2D eigenvalue weighted by Crippen LogP contribution is 2.66. The molecule has 6 atom stereocenters. The Morgan fingerprint density at radius 1 is 1.12 bits per heavy atom. The molecule has 1 aliphatic carbocycles. The van der Waals surface area contributed by atoms with Crippen LogP contribution in [0.2, 0.25) is 0 Å². The van der Waals surface area contributed by atoms with Gasteiger partial charge in [0.15, 0.2) is 0 Å². The van der Waals surface area contributed by atoms with E-state index in [4.69, 9.17) is 28.4 Å². The molecule has 6 nitrogen and oxygen atoms in total. The van der Waals surface area contributed by atoms with E-state index in [-0.39, 0.29) is 31.2 Å². The van der Waals surface area contributed by atoms with Crippen LogP contribution < -0.4 is 4.74 Å². The summed E-state index contributed by atoms with van der Waals surface area (Å²) in [5, 5.41) is 0. The molecule has 2 aliphatic rings. The van der Waals surface area contributed by atoms with Crippen molar-refractivity contribution >= 4 is 0 Å². The maximum atomic E-state index is 6.66. The van der Waals surface area contributed by atoms with Gasteiger partial charge in [-0.1, -0.05) is 32.1 Å². The lowest BCUT2D eigenvalue weighted by Crippen LogP contribution is -2.47. The lowest BCUT2D eigenvalue weighted by Gasteiger charge is -2.38. The molecule has 0 spiro atoms. The molecule has 1 aromatic carbocycles. The van der Waals surface area contributed by atoms with Gasteiger partial charge in [0.2, 0.25) is 0 Å². The van der Waals surface area contributed by atoms with E-state index in [1.165, 1.54) is 5.56 Å². The van der Waals surface area contributed by atoms with E-state index in [1.54, 1.807) is 27.4 Å². The first-order valence-electron chi connectivity index (χ1n) is 12.3. The number of rotatable bonds is 14. The zero-order chi connectivity index (χ0) is 25.0. The Kier molecular flexibility index (Phi) is 8.85. The predicted octanol–water partition coefficient (Wildman–Crippen LogP) is 5.71. The topological polar surface area (TPSA) is 55.4 Å². The van der Waals surface area contributed by atoms with Gasteiger partial charge in [-0.2, -0.15) is 0 Å². The Morgan fingerprint density at radius 2 is 1.79 bits per heavy atom. The molecular weight excluding hydrogens is 432 g/mol. The van der Waals surface area contributed by atoms with Crippen LogP contribution in [0.4, 0.5) is 0 Å².